The van der Waals surface area contributed by atoms with Crippen molar-refractivity contribution < 1.29 is 18.5 Å². The summed E-state index contributed by atoms with van der Waals surface area (Å²) >= 11 is 6.25. The van der Waals surface area contributed by atoms with Crippen LogP contribution >= 0.6 is 14.2 Å². The molecule has 1 aromatic heterocycles. The summed E-state index contributed by atoms with van der Waals surface area (Å²) in [6.45, 7) is 13.6. The monoisotopic (exact) mass is 539 g/mol. The molecule has 4 nitrogen and oxygen atoms in total. The van der Waals surface area contributed by atoms with Crippen molar-refractivity contribution >= 4 is 25.7 Å². The molecule has 32 heavy (non-hydrogen) atoms. The molecule has 3 rings (SSSR count). The van der Waals surface area contributed by atoms with Gasteiger partial charge in [0.15, 0.2) is 0 Å². The number of hydrogen-bond acceptors (Lipinski definition) is 4. The maximum atomic E-state index is 10.6. The topological polar surface area (TPSA) is 45.6 Å². The molecule has 175 valence electrons. The van der Waals surface area contributed by atoms with E-state index in [1.165, 1.54) is 0 Å². The van der Waals surface area contributed by atoms with Gasteiger partial charge < -0.3 is 0 Å². The normalized spacial score (nSPS) is 15.4. The first-order valence-corrected chi connectivity index (χ1v) is 13.0. The van der Waals surface area contributed by atoms with Gasteiger partial charge in [0.05, 0.1) is 11.4 Å². The zero-order valence-electron chi connectivity index (χ0n) is 19.3. The van der Waals surface area contributed by atoms with E-state index in [0.717, 1.165) is 54.3 Å². The molecule has 0 spiro atoms. The second kappa shape index (κ2) is 15.8. The molecule has 0 fully saturated rings. The summed E-state index contributed by atoms with van der Waals surface area (Å²) in [5.41, 5.74) is 5.27. The summed E-state index contributed by atoms with van der Waals surface area (Å²) in [4.78, 5) is 22.6. The summed E-state index contributed by atoms with van der Waals surface area (Å²) in [5.74, 6) is 0.101. The van der Waals surface area contributed by atoms with E-state index < -0.39 is 0 Å². The SMILES string of the molecule is C=C/C=C1/CN(C(C)C)Cc2cccc(n2)CCC(C)=N1.CC(=O)c1cc[c-]cc1.[Ni][Br]. The Balaban J connectivity index is 0.000000388. The van der Waals surface area contributed by atoms with Crippen LogP contribution in [0.25, 0.3) is 0 Å². The Labute approximate surface area is 208 Å². The molecule has 0 amide bonds. The standard InChI is InChI=1S/C18H25N3.C8H7O.BrH.Ni/c1-5-7-17-12-21(14(2)3)13-18-9-6-8-16(20-18)11-10-15(4)19-17;1-7(9)8-5-3-2-4-6-8;;/h5-9,14H,1,10-13H2,2-4H3;3-6H,1H3;1H;/q;-1;;+1/p-1/b17-7-,19-15?;;;. The third-order valence-corrected chi connectivity index (χ3v) is 4.84. The maximum absolute atomic E-state index is 10.6. The van der Waals surface area contributed by atoms with E-state index in [1.54, 1.807) is 31.2 Å². The molecule has 1 aliphatic rings. The molecule has 0 saturated carbocycles. The van der Waals surface area contributed by atoms with Crippen LogP contribution in [0.4, 0.5) is 0 Å². The van der Waals surface area contributed by atoms with Gasteiger partial charge >= 0.3 is 27.9 Å². The van der Waals surface area contributed by atoms with Gasteiger partial charge in [-0.25, -0.2) is 0 Å². The van der Waals surface area contributed by atoms with E-state index >= 15 is 0 Å². The number of fused-ring (bicyclic) bond motifs is 2. The molecule has 2 bridgehead atoms. The second-order valence-corrected chi connectivity index (χ2v) is 7.70. The third kappa shape index (κ3) is 10.6. The van der Waals surface area contributed by atoms with Crippen LogP contribution in [-0.2, 0) is 26.7 Å². The van der Waals surface area contributed by atoms with Gasteiger partial charge in [-0.05, 0) is 58.7 Å². The van der Waals surface area contributed by atoms with Gasteiger partial charge in [0.1, 0.15) is 5.78 Å². The van der Waals surface area contributed by atoms with Crippen LogP contribution < -0.4 is 0 Å². The minimum atomic E-state index is 0.101. The number of ketones is 1. The van der Waals surface area contributed by atoms with E-state index in [-0.39, 0.29) is 5.78 Å². The number of allylic oxidation sites excluding steroid dienone is 2. The Morgan fingerprint density at radius 1 is 1.16 bits per heavy atom. The fourth-order valence-electron chi connectivity index (χ4n) is 3.09. The van der Waals surface area contributed by atoms with Crippen molar-refractivity contribution in [2.45, 2.75) is 53.1 Å². The van der Waals surface area contributed by atoms with E-state index in [0.29, 0.717) is 6.04 Å². The molecule has 2 heterocycles. The van der Waals surface area contributed by atoms with Crippen molar-refractivity contribution in [2.24, 2.45) is 4.99 Å². The van der Waals surface area contributed by atoms with Crippen molar-refractivity contribution in [1.82, 2.24) is 9.88 Å². The van der Waals surface area contributed by atoms with Gasteiger partial charge in [-0.15, -0.1) is 0 Å². The first-order chi connectivity index (χ1) is 15.4. The average Bonchev–Trinajstić information content (AvgIpc) is 2.81. The van der Waals surface area contributed by atoms with Crippen molar-refractivity contribution in [3.63, 3.8) is 0 Å². The molecule has 0 radical (unpaired) electrons. The number of aliphatic imine (C=N–C) groups is 1. The van der Waals surface area contributed by atoms with Crippen LogP contribution in [0.3, 0.4) is 0 Å². The fraction of sp³-hybridized carbons (Fsp3) is 0.346. The van der Waals surface area contributed by atoms with Gasteiger partial charge in [-0.1, -0.05) is 24.3 Å². The number of rotatable bonds is 3. The zero-order valence-corrected chi connectivity index (χ0v) is 21.8. The summed E-state index contributed by atoms with van der Waals surface area (Å²) in [7, 11) is 0. The molecule has 1 aliphatic heterocycles. The minimum absolute atomic E-state index is 0.101. The summed E-state index contributed by atoms with van der Waals surface area (Å²) in [6.07, 6.45) is 5.74. The second-order valence-electron chi connectivity index (χ2n) is 7.70. The first-order valence-electron chi connectivity index (χ1n) is 10.5. The molecular formula is C26H32BrN3NiO-. The molecule has 0 saturated heterocycles. The van der Waals surface area contributed by atoms with Gasteiger partial charge in [-0.3, -0.25) is 19.7 Å². The summed E-state index contributed by atoms with van der Waals surface area (Å²) in [6, 6.07) is 16.6. The van der Waals surface area contributed by atoms with Crippen molar-refractivity contribution in [3.8, 4) is 0 Å². The van der Waals surface area contributed by atoms with Gasteiger partial charge in [-0.2, -0.15) is 30.3 Å². The van der Waals surface area contributed by atoms with Crippen LogP contribution in [0.5, 0.6) is 0 Å². The number of carbonyl (C=O) groups excluding carboxylic acids is 1. The molecule has 0 N–H and O–H groups in total. The van der Waals surface area contributed by atoms with Crippen molar-refractivity contribution in [3.05, 3.63) is 89.9 Å². The van der Waals surface area contributed by atoms with E-state index in [9.17, 15) is 4.79 Å². The molecule has 6 heteroatoms. The van der Waals surface area contributed by atoms with Crippen LogP contribution in [-0.4, -0.2) is 34.0 Å². The third-order valence-electron chi connectivity index (χ3n) is 4.84. The first kappa shape index (κ1) is 28.2. The zero-order chi connectivity index (χ0) is 23.9. The molecule has 2 aromatic rings. The number of carbonyl (C=O) groups is 1. The number of Topliss-reactive ketones (excluding diaryl/α,β-unsaturated/α-hetero) is 1. The Kier molecular flexibility index (Phi) is 13.9. The Hall–Kier alpha value is -1.88. The van der Waals surface area contributed by atoms with Gasteiger partial charge in [0.2, 0.25) is 0 Å². The number of halogens is 1. The predicted molar refractivity (Wildman–Crippen MR) is 134 cm³/mol. The molecule has 0 unspecified atom stereocenters. The van der Waals surface area contributed by atoms with Crippen molar-refractivity contribution in [1.29, 1.82) is 0 Å². The molecule has 0 atom stereocenters. The predicted octanol–water partition coefficient (Wildman–Crippen LogP) is 6.30. The Morgan fingerprint density at radius 2 is 1.81 bits per heavy atom. The molecule has 1 aromatic carbocycles. The van der Waals surface area contributed by atoms with Crippen molar-refractivity contribution in [2.75, 3.05) is 6.54 Å². The van der Waals surface area contributed by atoms with Crippen LogP contribution in [0.1, 0.15) is 55.9 Å². The summed E-state index contributed by atoms with van der Waals surface area (Å²) in [5, 5.41) is 0. The van der Waals surface area contributed by atoms with E-state index in [2.05, 4.69) is 84.4 Å². The fourth-order valence-corrected chi connectivity index (χ4v) is 3.09. The Bertz CT molecular complexity index is 910. The number of aryl methyl sites for hydroxylation is 1. The van der Waals surface area contributed by atoms with Crippen LogP contribution in [0.2, 0.25) is 0 Å². The van der Waals surface area contributed by atoms with Crippen LogP contribution in [0, 0.1) is 6.07 Å². The average molecular weight is 541 g/mol. The Morgan fingerprint density at radius 3 is 2.38 bits per heavy atom. The quantitative estimate of drug-likeness (QED) is 0.261. The number of benzene rings is 1. The number of pyridine rings is 1. The van der Waals surface area contributed by atoms with Crippen LogP contribution in [0.15, 0.2) is 71.9 Å². The summed E-state index contributed by atoms with van der Waals surface area (Å²) < 4.78 is 0. The molecule has 0 aliphatic carbocycles. The van der Waals surface area contributed by atoms with E-state index in [1.807, 2.05) is 12.2 Å². The number of nitrogens with zero attached hydrogens (tertiary/aromatic N) is 3. The van der Waals surface area contributed by atoms with Gasteiger partial charge in [0, 0.05) is 30.5 Å². The molecular weight excluding hydrogens is 509 g/mol. The number of hydrogen-bond donors (Lipinski definition) is 0. The number of aromatic nitrogens is 1. The van der Waals surface area contributed by atoms with E-state index in [4.69, 9.17) is 9.98 Å². The van der Waals surface area contributed by atoms with Gasteiger partial charge in [0.25, 0.3) is 0 Å².